The first-order valence-electron chi connectivity index (χ1n) is 8.36. The van der Waals surface area contributed by atoms with Gasteiger partial charge in [0.2, 0.25) is 0 Å². The van der Waals surface area contributed by atoms with E-state index in [2.05, 4.69) is 16.6 Å². The Morgan fingerprint density at radius 2 is 1.93 bits per heavy atom. The summed E-state index contributed by atoms with van der Waals surface area (Å²) in [7, 11) is 0. The number of carbonyl (C=O) groups excluding carboxylic acids is 2. The van der Waals surface area contributed by atoms with Crippen LogP contribution in [-0.4, -0.2) is 17.4 Å². The van der Waals surface area contributed by atoms with E-state index in [1.807, 2.05) is 20.8 Å². The normalized spacial score (nSPS) is 18.3. The Morgan fingerprint density at radius 1 is 1.22 bits per heavy atom. The SMILES string of the molecule is C#Cc1cc(Cl)ccc1NC1(C(=O)NC(C)(C)C)OC(=O)c2ccccc21. The highest BCUT2D eigenvalue weighted by Gasteiger charge is 2.52. The third-order valence-corrected chi connectivity index (χ3v) is 4.26. The van der Waals surface area contributed by atoms with E-state index >= 15 is 0 Å². The van der Waals surface area contributed by atoms with Crippen molar-refractivity contribution in [2.24, 2.45) is 0 Å². The lowest BCUT2D eigenvalue weighted by molar-refractivity contribution is -0.139. The van der Waals surface area contributed by atoms with Gasteiger partial charge in [0, 0.05) is 21.7 Å². The molecule has 0 radical (unpaired) electrons. The third kappa shape index (κ3) is 3.49. The molecule has 0 aliphatic carbocycles. The lowest BCUT2D eigenvalue weighted by atomic mass is 9.96. The third-order valence-electron chi connectivity index (χ3n) is 4.03. The van der Waals surface area contributed by atoms with Crippen LogP contribution in [0.5, 0.6) is 0 Å². The Hall–Kier alpha value is -2.97. The van der Waals surface area contributed by atoms with Crippen LogP contribution >= 0.6 is 11.6 Å². The van der Waals surface area contributed by atoms with E-state index in [0.717, 1.165) is 0 Å². The highest BCUT2D eigenvalue weighted by atomic mass is 35.5. The minimum atomic E-state index is -1.74. The van der Waals surface area contributed by atoms with Gasteiger partial charge in [-0.2, -0.15) is 0 Å². The number of carbonyl (C=O) groups is 2. The highest BCUT2D eigenvalue weighted by Crippen LogP contribution is 2.39. The second-order valence-electron chi connectivity index (χ2n) is 7.28. The summed E-state index contributed by atoms with van der Waals surface area (Å²) in [5.74, 6) is 1.45. The topological polar surface area (TPSA) is 67.4 Å². The van der Waals surface area contributed by atoms with Gasteiger partial charge in [0.15, 0.2) is 0 Å². The van der Waals surface area contributed by atoms with Gasteiger partial charge in [-0.15, -0.1) is 6.42 Å². The summed E-state index contributed by atoms with van der Waals surface area (Å²) in [5.41, 5.74) is -0.619. The second kappa shape index (κ2) is 6.64. The van der Waals surface area contributed by atoms with Gasteiger partial charge in [-0.3, -0.25) is 4.79 Å². The van der Waals surface area contributed by atoms with E-state index in [1.165, 1.54) is 0 Å². The van der Waals surface area contributed by atoms with Gasteiger partial charge < -0.3 is 15.4 Å². The number of hydrogen-bond donors (Lipinski definition) is 2. The summed E-state index contributed by atoms with van der Waals surface area (Å²) < 4.78 is 5.60. The van der Waals surface area contributed by atoms with E-state index in [4.69, 9.17) is 22.8 Å². The molecule has 1 aliphatic heterocycles. The summed E-state index contributed by atoms with van der Waals surface area (Å²) in [5, 5.41) is 6.39. The molecular formula is C21H19ClN2O3. The molecule has 138 valence electrons. The molecule has 1 atom stereocenters. The fourth-order valence-corrected chi connectivity index (χ4v) is 3.07. The zero-order chi connectivity index (χ0) is 19.8. The molecule has 0 spiro atoms. The molecule has 0 saturated heterocycles. The average Bonchev–Trinajstić information content (AvgIpc) is 2.89. The second-order valence-corrected chi connectivity index (χ2v) is 7.72. The molecular weight excluding hydrogens is 364 g/mol. The number of rotatable bonds is 3. The summed E-state index contributed by atoms with van der Waals surface area (Å²) in [4.78, 5) is 25.7. The molecule has 0 fully saturated rings. The van der Waals surface area contributed by atoms with E-state index < -0.39 is 23.1 Å². The predicted molar refractivity (Wildman–Crippen MR) is 104 cm³/mol. The van der Waals surface area contributed by atoms with Crippen LogP contribution in [0.1, 0.15) is 42.3 Å². The van der Waals surface area contributed by atoms with Crippen molar-refractivity contribution in [3.8, 4) is 12.3 Å². The molecule has 1 amide bonds. The van der Waals surface area contributed by atoms with Crippen molar-refractivity contribution in [2.75, 3.05) is 5.32 Å². The number of benzene rings is 2. The first-order valence-corrected chi connectivity index (χ1v) is 8.74. The van der Waals surface area contributed by atoms with Gasteiger partial charge in [0.05, 0.1) is 11.3 Å². The fraction of sp³-hybridized carbons (Fsp3) is 0.238. The Kier molecular flexibility index (Phi) is 4.63. The number of amides is 1. The Bertz CT molecular complexity index is 972. The number of ether oxygens (including phenoxy) is 1. The molecule has 1 aliphatic rings. The minimum Gasteiger partial charge on any atom is -0.421 e. The molecule has 3 rings (SSSR count). The van der Waals surface area contributed by atoms with E-state index in [-0.39, 0.29) is 0 Å². The average molecular weight is 383 g/mol. The van der Waals surface area contributed by atoms with Crippen molar-refractivity contribution in [1.82, 2.24) is 5.32 Å². The highest BCUT2D eigenvalue weighted by molar-refractivity contribution is 6.30. The molecule has 6 heteroatoms. The van der Waals surface area contributed by atoms with Crippen molar-refractivity contribution < 1.29 is 14.3 Å². The molecule has 1 heterocycles. The first kappa shape index (κ1) is 18.8. The number of halogens is 1. The van der Waals surface area contributed by atoms with Gasteiger partial charge in [0.25, 0.3) is 11.6 Å². The van der Waals surface area contributed by atoms with E-state index in [9.17, 15) is 9.59 Å². The van der Waals surface area contributed by atoms with E-state index in [0.29, 0.717) is 27.4 Å². The molecule has 0 bridgehead atoms. The number of hydrogen-bond acceptors (Lipinski definition) is 4. The van der Waals surface area contributed by atoms with Gasteiger partial charge in [-0.05, 0) is 45.0 Å². The lowest BCUT2D eigenvalue weighted by Gasteiger charge is -2.33. The van der Waals surface area contributed by atoms with Crippen LogP contribution < -0.4 is 10.6 Å². The van der Waals surface area contributed by atoms with Crippen LogP contribution in [0.15, 0.2) is 42.5 Å². The fourth-order valence-electron chi connectivity index (χ4n) is 2.90. The molecule has 2 N–H and O–H groups in total. The number of nitrogens with one attached hydrogen (secondary N) is 2. The van der Waals surface area contributed by atoms with Gasteiger partial charge in [-0.25, -0.2) is 4.79 Å². The van der Waals surface area contributed by atoms with Crippen LogP contribution in [0.2, 0.25) is 5.02 Å². The summed E-state index contributed by atoms with van der Waals surface area (Å²) >= 11 is 6.01. The van der Waals surface area contributed by atoms with Crippen LogP contribution in [0.3, 0.4) is 0 Å². The zero-order valence-electron chi connectivity index (χ0n) is 15.2. The van der Waals surface area contributed by atoms with Crippen molar-refractivity contribution >= 4 is 29.2 Å². The summed E-state index contributed by atoms with van der Waals surface area (Å²) in [6.07, 6.45) is 5.58. The maximum atomic E-state index is 13.2. The number of terminal acetylenes is 1. The van der Waals surface area contributed by atoms with Crippen LogP contribution in [0.25, 0.3) is 0 Å². The number of esters is 1. The smallest absolute Gasteiger partial charge is 0.341 e. The number of anilines is 1. The van der Waals surface area contributed by atoms with Crippen molar-refractivity contribution in [1.29, 1.82) is 0 Å². The maximum Gasteiger partial charge on any atom is 0.341 e. The molecule has 0 aromatic heterocycles. The monoisotopic (exact) mass is 382 g/mol. The largest absolute Gasteiger partial charge is 0.421 e. The molecule has 2 aromatic rings. The van der Waals surface area contributed by atoms with Crippen LogP contribution in [0.4, 0.5) is 5.69 Å². The van der Waals surface area contributed by atoms with Gasteiger partial charge in [-0.1, -0.05) is 35.7 Å². The van der Waals surface area contributed by atoms with Gasteiger partial charge in [0.1, 0.15) is 0 Å². The molecule has 1 unspecified atom stereocenters. The Morgan fingerprint density at radius 3 is 2.59 bits per heavy atom. The van der Waals surface area contributed by atoms with Crippen molar-refractivity contribution in [3.05, 3.63) is 64.2 Å². The molecule has 2 aromatic carbocycles. The van der Waals surface area contributed by atoms with Crippen molar-refractivity contribution in [2.45, 2.75) is 32.0 Å². The van der Waals surface area contributed by atoms with Crippen LogP contribution in [0, 0.1) is 12.3 Å². The van der Waals surface area contributed by atoms with Crippen LogP contribution in [-0.2, 0) is 15.3 Å². The minimum absolute atomic E-state index is 0.324. The van der Waals surface area contributed by atoms with Crippen molar-refractivity contribution in [3.63, 3.8) is 0 Å². The lowest BCUT2D eigenvalue weighted by Crippen LogP contribution is -2.55. The van der Waals surface area contributed by atoms with E-state index in [1.54, 1.807) is 42.5 Å². The molecule has 0 saturated carbocycles. The Balaban J connectivity index is 2.15. The number of fused-ring (bicyclic) bond motifs is 1. The number of cyclic esters (lactones) is 1. The quantitative estimate of drug-likeness (QED) is 0.627. The summed E-state index contributed by atoms with van der Waals surface area (Å²) in [6, 6.07) is 11.7. The zero-order valence-corrected chi connectivity index (χ0v) is 16.0. The van der Waals surface area contributed by atoms with Gasteiger partial charge >= 0.3 is 5.97 Å². The molecule has 5 nitrogen and oxygen atoms in total. The standard InChI is InChI=1S/C21H19ClN2O3/c1-5-13-12-14(22)10-11-17(13)23-21(19(26)24-20(2,3)4)16-9-7-6-8-15(16)18(25)27-21/h1,6-12,23H,2-4H3,(H,24,26). The Labute approximate surface area is 163 Å². The first-order chi connectivity index (χ1) is 12.7. The summed E-state index contributed by atoms with van der Waals surface area (Å²) in [6.45, 7) is 5.53. The maximum absolute atomic E-state index is 13.2. The predicted octanol–water partition coefficient (Wildman–Crippen LogP) is 3.67. The molecule has 27 heavy (non-hydrogen) atoms.